The number of aromatic nitrogens is 3. The van der Waals surface area contributed by atoms with E-state index < -0.39 is 5.91 Å². The number of nitrogens with one attached hydrogen (secondary N) is 1. The third-order valence-corrected chi connectivity index (χ3v) is 5.93. The fourth-order valence-corrected chi connectivity index (χ4v) is 4.33. The van der Waals surface area contributed by atoms with E-state index in [4.69, 9.17) is 5.73 Å². The van der Waals surface area contributed by atoms with Crippen LogP contribution in [0.15, 0.2) is 34.1 Å². The van der Waals surface area contributed by atoms with E-state index >= 15 is 0 Å². The molecule has 3 aromatic rings. The standard InChI is InChI=1S/C19H18BrN5O2S/c20-11-5-7-13(8-6-11)25-15-4-2-1-3-14(15)17(24-25)18(27)23-19-22-12(10-28-19)9-16(21)26/h5-8,10H,1-4,9H2,(H2,21,26)(H,22,23,27). The lowest BCUT2D eigenvalue weighted by molar-refractivity contribution is -0.117. The zero-order chi connectivity index (χ0) is 19.7. The number of hydrogen-bond donors (Lipinski definition) is 2. The van der Waals surface area contributed by atoms with Gasteiger partial charge in [0.25, 0.3) is 5.91 Å². The molecule has 7 nitrogen and oxygen atoms in total. The Morgan fingerprint density at radius 3 is 2.71 bits per heavy atom. The number of nitrogens with two attached hydrogens (primary N) is 1. The maximum atomic E-state index is 12.9. The molecule has 2 heterocycles. The normalized spacial score (nSPS) is 13.2. The number of fused-ring (bicyclic) bond motifs is 1. The Morgan fingerprint density at radius 2 is 1.96 bits per heavy atom. The maximum Gasteiger partial charge on any atom is 0.278 e. The molecular weight excluding hydrogens is 442 g/mol. The van der Waals surface area contributed by atoms with Crippen molar-refractivity contribution in [2.45, 2.75) is 32.1 Å². The van der Waals surface area contributed by atoms with Gasteiger partial charge in [-0.05, 0) is 49.9 Å². The number of nitrogens with zero attached hydrogens (tertiary/aromatic N) is 3. The molecule has 0 atom stereocenters. The maximum absolute atomic E-state index is 12.9. The molecule has 0 spiro atoms. The molecule has 0 radical (unpaired) electrons. The summed E-state index contributed by atoms with van der Waals surface area (Å²) >= 11 is 4.71. The average molecular weight is 460 g/mol. The van der Waals surface area contributed by atoms with Crippen LogP contribution in [-0.2, 0) is 24.1 Å². The second-order valence-corrected chi connectivity index (χ2v) is 8.38. The minimum atomic E-state index is -0.453. The molecule has 3 N–H and O–H groups in total. The van der Waals surface area contributed by atoms with Crippen LogP contribution in [0, 0.1) is 0 Å². The lowest BCUT2D eigenvalue weighted by Gasteiger charge is -2.14. The first kappa shape index (κ1) is 18.8. The predicted molar refractivity (Wildman–Crippen MR) is 111 cm³/mol. The van der Waals surface area contributed by atoms with E-state index in [2.05, 4.69) is 31.3 Å². The molecule has 2 amide bonds. The summed E-state index contributed by atoms with van der Waals surface area (Å²) in [5, 5.41) is 9.60. The van der Waals surface area contributed by atoms with Gasteiger partial charge in [-0.15, -0.1) is 11.3 Å². The van der Waals surface area contributed by atoms with E-state index in [-0.39, 0.29) is 12.3 Å². The number of anilines is 1. The Hall–Kier alpha value is -2.52. The number of hydrogen-bond acceptors (Lipinski definition) is 5. The lowest BCUT2D eigenvalue weighted by atomic mass is 9.95. The smallest absolute Gasteiger partial charge is 0.278 e. The van der Waals surface area contributed by atoms with Crippen LogP contribution in [0.3, 0.4) is 0 Å². The van der Waals surface area contributed by atoms with Crippen LogP contribution >= 0.6 is 27.3 Å². The fourth-order valence-electron chi connectivity index (χ4n) is 3.36. The molecule has 0 saturated heterocycles. The van der Waals surface area contributed by atoms with Crippen molar-refractivity contribution in [2.24, 2.45) is 5.73 Å². The average Bonchev–Trinajstić information content (AvgIpc) is 3.26. The van der Waals surface area contributed by atoms with E-state index in [1.807, 2.05) is 28.9 Å². The van der Waals surface area contributed by atoms with Gasteiger partial charge in [-0.3, -0.25) is 14.9 Å². The Kier molecular flexibility index (Phi) is 5.27. The van der Waals surface area contributed by atoms with E-state index in [0.717, 1.165) is 47.1 Å². The minimum absolute atomic E-state index is 0.0555. The molecule has 2 aromatic heterocycles. The first-order valence-corrected chi connectivity index (χ1v) is 10.6. The van der Waals surface area contributed by atoms with Gasteiger partial charge in [-0.1, -0.05) is 15.9 Å². The number of amides is 2. The van der Waals surface area contributed by atoms with Crippen molar-refractivity contribution in [3.63, 3.8) is 0 Å². The van der Waals surface area contributed by atoms with Gasteiger partial charge in [-0.2, -0.15) is 5.10 Å². The van der Waals surface area contributed by atoms with Crippen molar-refractivity contribution in [3.05, 3.63) is 56.8 Å². The molecular formula is C19H18BrN5O2S. The van der Waals surface area contributed by atoms with E-state index in [9.17, 15) is 9.59 Å². The summed E-state index contributed by atoms with van der Waals surface area (Å²) in [4.78, 5) is 28.2. The SMILES string of the molecule is NC(=O)Cc1csc(NC(=O)c2nn(-c3ccc(Br)cc3)c3c2CCCC3)n1. The molecule has 0 saturated carbocycles. The first-order chi connectivity index (χ1) is 13.5. The van der Waals surface area contributed by atoms with E-state index in [1.54, 1.807) is 5.38 Å². The summed E-state index contributed by atoms with van der Waals surface area (Å²) in [6.45, 7) is 0. The molecule has 4 rings (SSSR count). The molecule has 9 heteroatoms. The van der Waals surface area contributed by atoms with Crippen LogP contribution in [0.2, 0.25) is 0 Å². The number of primary amides is 1. The summed E-state index contributed by atoms with van der Waals surface area (Å²) in [6, 6.07) is 7.87. The fraction of sp³-hybridized carbons (Fsp3) is 0.263. The van der Waals surface area contributed by atoms with Crippen molar-refractivity contribution < 1.29 is 9.59 Å². The van der Waals surface area contributed by atoms with Crippen LogP contribution in [0.1, 0.15) is 40.3 Å². The quantitative estimate of drug-likeness (QED) is 0.610. The minimum Gasteiger partial charge on any atom is -0.369 e. The molecule has 0 unspecified atom stereocenters. The highest BCUT2D eigenvalue weighted by Gasteiger charge is 2.26. The van der Waals surface area contributed by atoms with Crippen molar-refractivity contribution in [1.82, 2.24) is 14.8 Å². The highest BCUT2D eigenvalue weighted by atomic mass is 79.9. The van der Waals surface area contributed by atoms with Crippen LogP contribution < -0.4 is 11.1 Å². The summed E-state index contributed by atoms with van der Waals surface area (Å²) in [5.74, 6) is -0.737. The van der Waals surface area contributed by atoms with Crippen molar-refractivity contribution in [3.8, 4) is 5.69 Å². The number of carbonyl (C=O) groups is 2. The van der Waals surface area contributed by atoms with Crippen molar-refractivity contribution in [2.75, 3.05) is 5.32 Å². The third-order valence-electron chi connectivity index (χ3n) is 4.59. The second-order valence-electron chi connectivity index (χ2n) is 6.61. The van der Waals surface area contributed by atoms with Gasteiger partial charge in [0.1, 0.15) is 0 Å². The largest absolute Gasteiger partial charge is 0.369 e. The number of halogens is 1. The summed E-state index contributed by atoms with van der Waals surface area (Å²) in [5.41, 5.74) is 9.20. The van der Waals surface area contributed by atoms with Gasteiger partial charge >= 0.3 is 0 Å². The van der Waals surface area contributed by atoms with Gasteiger partial charge in [0.15, 0.2) is 10.8 Å². The van der Waals surface area contributed by atoms with Crippen LogP contribution in [0.5, 0.6) is 0 Å². The molecule has 144 valence electrons. The first-order valence-electron chi connectivity index (χ1n) is 8.92. The molecule has 1 aromatic carbocycles. The van der Waals surface area contributed by atoms with Gasteiger partial charge in [0.05, 0.1) is 17.8 Å². The van der Waals surface area contributed by atoms with Gasteiger partial charge in [0, 0.05) is 21.1 Å². The molecule has 0 bridgehead atoms. The highest BCUT2D eigenvalue weighted by molar-refractivity contribution is 9.10. The Balaban J connectivity index is 1.63. The van der Waals surface area contributed by atoms with Crippen molar-refractivity contribution in [1.29, 1.82) is 0 Å². The molecule has 1 aliphatic rings. The van der Waals surface area contributed by atoms with Gasteiger partial charge in [0.2, 0.25) is 5.91 Å². The highest BCUT2D eigenvalue weighted by Crippen LogP contribution is 2.28. The topological polar surface area (TPSA) is 103 Å². The number of thiazole rings is 1. The van der Waals surface area contributed by atoms with Gasteiger partial charge < -0.3 is 5.73 Å². The number of benzene rings is 1. The summed E-state index contributed by atoms with van der Waals surface area (Å²) < 4.78 is 2.86. The van der Waals surface area contributed by atoms with Crippen LogP contribution in [0.25, 0.3) is 5.69 Å². The molecule has 0 fully saturated rings. The Morgan fingerprint density at radius 1 is 1.21 bits per heavy atom. The summed E-state index contributed by atoms with van der Waals surface area (Å²) in [6.07, 6.45) is 3.91. The second kappa shape index (κ2) is 7.84. The van der Waals surface area contributed by atoms with Crippen LogP contribution in [0.4, 0.5) is 5.13 Å². The molecule has 1 aliphatic carbocycles. The monoisotopic (exact) mass is 459 g/mol. The zero-order valence-corrected chi connectivity index (χ0v) is 17.3. The van der Waals surface area contributed by atoms with Crippen molar-refractivity contribution >= 4 is 44.2 Å². The van der Waals surface area contributed by atoms with Crippen LogP contribution in [-0.4, -0.2) is 26.6 Å². The summed E-state index contributed by atoms with van der Waals surface area (Å²) in [7, 11) is 0. The van der Waals surface area contributed by atoms with Gasteiger partial charge in [-0.25, -0.2) is 9.67 Å². The van der Waals surface area contributed by atoms with E-state index in [0.29, 0.717) is 16.5 Å². The Labute approximate surface area is 174 Å². The third kappa shape index (κ3) is 3.85. The molecule has 0 aliphatic heterocycles. The lowest BCUT2D eigenvalue weighted by Crippen LogP contribution is -2.16. The number of rotatable bonds is 5. The Bertz CT molecular complexity index is 1040. The molecule has 28 heavy (non-hydrogen) atoms. The predicted octanol–water partition coefficient (Wildman–Crippen LogP) is 3.25. The zero-order valence-electron chi connectivity index (χ0n) is 14.9. The van der Waals surface area contributed by atoms with E-state index in [1.165, 1.54) is 11.3 Å². The number of carbonyl (C=O) groups excluding carboxylic acids is 2.